The van der Waals surface area contributed by atoms with Crippen molar-refractivity contribution in [2.45, 2.75) is 44.8 Å². The first-order valence-corrected chi connectivity index (χ1v) is 9.65. The summed E-state index contributed by atoms with van der Waals surface area (Å²) in [7, 11) is 1.90. The van der Waals surface area contributed by atoms with E-state index in [0.717, 1.165) is 37.2 Å². The second-order valence-electron chi connectivity index (χ2n) is 8.60. The van der Waals surface area contributed by atoms with Crippen molar-refractivity contribution < 1.29 is 9.90 Å². The summed E-state index contributed by atoms with van der Waals surface area (Å²) in [6.45, 7) is 6.04. The third-order valence-corrected chi connectivity index (χ3v) is 5.49. The highest BCUT2D eigenvalue weighted by Gasteiger charge is 2.44. The number of carbonyl (C=O) groups excluding carboxylic acids is 1. The van der Waals surface area contributed by atoms with Gasteiger partial charge in [0, 0.05) is 44.5 Å². The molecule has 1 amide bonds. The number of β-amino-alcohol motifs (C(OH)–C–C–N with tert-alkyl or cyclic N) is 1. The number of aryl methyl sites for hydroxylation is 1. The summed E-state index contributed by atoms with van der Waals surface area (Å²) in [5.74, 6) is 0.442. The quantitative estimate of drug-likeness (QED) is 0.850. The molecule has 2 heterocycles. The second-order valence-corrected chi connectivity index (χ2v) is 8.60. The number of anilines is 1. The van der Waals surface area contributed by atoms with E-state index >= 15 is 0 Å². The summed E-state index contributed by atoms with van der Waals surface area (Å²) in [5.41, 5.74) is 3.86. The largest absolute Gasteiger partial charge is 0.389 e. The van der Waals surface area contributed by atoms with Crippen LogP contribution in [-0.2, 0) is 24.8 Å². The molecule has 0 spiro atoms. The zero-order valence-corrected chi connectivity index (χ0v) is 16.3. The predicted octanol–water partition coefficient (Wildman–Crippen LogP) is 2.29. The summed E-state index contributed by atoms with van der Waals surface area (Å²) in [6, 6.07) is 6.13. The smallest absolute Gasteiger partial charge is 0.228 e. The molecule has 4 rings (SSSR count). The molecule has 2 N–H and O–H groups in total. The monoisotopic (exact) mass is 368 g/mol. The summed E-state index contributed by atoms with van der Waals surface area (Å²) in [5, 5.41) is 17.5. The Bertz CT molecular complexity index is 852. The molecule has 6 heteroatoms. The summed E-state index contributed by atoms with van der Waals surface area (Å²) < 4.78 is 1.79. The number of benzene rings is 1. The number of hydrogen-bond acceptors (Lipinski definition) is 4. The van der Waals surface area contributed by atoms with Gasteiger partial charge in [0.05, 0.1) is 11.8 Å². The van der Waals surface area contributed by atoms with Crippen molar-refractivity contribution in [3.05, 3.63) is 47.3 Å². The van der Waals surface area contributed by atoms with Crippen LogP contribution < -0.4 is 5.32 Å². The van der Waals surface area contributed by atoms with Gasteiger partial charge in [-0.3, -0.25) is 14.4 Å². The molecule has 1 aliphatic heterocycles. The molecule has 27 heavy (non-hydrogen) atoms. The van der Waals surface area contributed by atoms with Crippen LogP contribution in [-0.4, -0.2) is 44.4 Å². The lowest BCUT2D eigenvalue weighted by atomic mass is 9.96. The van der Waals surface area contributed by atoms with E-state index in [1.54, 1.807) is 4.68 Å². The Morgan fingerprint density at radius 1 is 1.41 bits per heavy atom. The van der Waals surface area contributed by atoms with Gasteiger partial charge in [-0.1, -0.05) is 12.1 Å². The van der Waals surface area contributed by atoms with Crippen LogP contribution in [0.5, 0.6) is 0 Å². The fraction of sp³-hybridized carbons (Fsp3) is 0.524. The average molecular weight is 368 g/mol. The van der Waals surface area contributed by atoms with Gasteiger partial charge in [0.1, 0.15) is 0 Å². The van der Waals surface area contributed by atoms with Crippen molar-refractivity contribution in [3.63, 3.8) is 0 Å². The maximum absolute atomic E-state index is 12.7. The molecular formula is C21H28N4O2. The van der Waals surface area contributed by atoms with E-state index < -0.39 is 5.60 Å². The zero-order chi connectivity index (χ0) is 19.2. The average Bonchev–Trinajstić information content (AvgIpc) is 3.28. The molecule has 2 aromatic rings. The number of nitrogens with one attached hydrogen (secondary N) is 1. The fourth-order valence-corrected chi connectivity index (χ4v) is 4.18. The number of carbonyl (C=O) groups is 1. The molecule has 2 atom stereocenters. The number of hydrogen-bond donors (Lipinski definition) is 2. The van der Waals surface area contributed by atoms with Crippen molar-refractivity contribution in [2.24, 2.45) is 13.0 Å². The first-order valence-electron chi connectivity index (χ1n) is 9.65. The molecule has 1 fully saturated rings. The Morgan fingerprint density at radius 2 is 2.22 bits per heavy atom. The van der Waals surface area contributed by atoms with Crippen LogP contribution in [0.15, 0.2) is 30.6 Å². The van der Waals surface area contributed by atoms with Crippen molar-refractivity contribution in [1.29, 1.82) is 0 Å². The molecule has 0 bridgehead atoms. The van der Waals surface area contributed by atoms with Crippen molar-refractivity contribution in [3.8, 4) is 0 Å². The highest BCUT2D eigenvalue weighted by molar-refractivity contribution is 5.96. The van der Waals surface area contributed by atoms with Gasteiger partial charge in [-0.25, -0.2) is 0 Å². The van der Waals surface area contributed by atoms with E-state index in [0.29, 0.717) is 12.5 Å². The number of fused-ring (bicyclic) bond motifs is 1. The Kier molecular flexibility index (Phi) is 4.56. The number of aliphatic hydroxyl groups is 1. The van der Waals surface area contributed by atoms with Crippen molar-refractivity contribution in [1.82, 2.24) is 14.7 Å². The molecule has 1 aromatic heterocycles. The van der Waals surface area contributed by atoms with Gasteiger partial charge in [0.2, 0.25) is 5.91 Å². The van der Waals surface area contributed by atoms with Gasteiger partial charge < -0.3 is 10.4 Å². The maximum Gasteiger partial charge on any atom is 0.228 e. The van der Waals surface area contributed by atoms with Gasteiger partial charge in [-0.05, 0) is 55.4 Å². The molecular weight excluding hydrogens is 340 g/mol. The van der Waals surface area contributed by atoms with Crippen LogP contribution in [0.25, 0.3) is 0 Å². The molecule has 0 radical (unpaired) electrons. The van der Waals surface area contributed by atoms with Crippen LogP contribution in [0, 0.1) is 5.92 Å². The van der Waals surface area contributed by atoms with E-state index in [4.69, 9.17) is 0 Å². The molecule has 1 saturated carbocycles. The third kappa shape index (κ3) is 4.06. The van der Waals surface area contributed by atoms with Crippen LogP contribution in [0.4, 0.5) is 5.69 Å². The van der Waals surface area contributed by atoms with Crippen LogP contribution in [0.2, 0.25) is 0 Å². The van der Waals surface area contributed by atoms with E-state index in [2.05, 4.69) is 21.4 Å². The lowest BCUT2D eigenvalue weighted by molar-refractivity contribution is -0.117. The Hall–Kier alpha value is -2.18. The summed E-state index contributed by atoms with van der Waals surface area (Å²) in [4.78, 5) is 15.0. The highest BCUT2D eigenvalue weighted by atomic mass is 16.3. The standard InChI is InChI=1S/C21H28N4O2/c1-21(2,27)13-25-8-7-16-14(12-25)5-4-6-19(16)23-20(26)18-9-17(18)15-10-22-24(3)11-15/h4-6,10-11,17-18,27H,7-9,12-13H2,1-3H3,(H,23,26)/t17-,18+/m0/s1. The van der Waals surface area contributed by atoms with Gasteiger partial charge in [0.25, 0.3) is 0 Å². The summed E-state index contributed by atoms with van der Waals surface area (Å²) >= 11 is 0. The number of rotatable bonds is 5. The molecule has 2 aliphatic rings. The molecule has 0 saturated heterocycles. The topological polar surface area (TPSA) is 70.4 Å². The zero-order valence-electron chi connectivity index (χ0n) is 16.3. The van der Waals surface area contributed by atoms with Crippen LogP contribution in [0.3, 0.4) is 0 Å². The van der Waals surface area contributed by atoms with E-state index in [1.807, 2.05) is 45.4 Å². The first-order chi connectivity index (χ1) is 12.8. The number of nitrogens with zero attached hydrogens (tertiary/aromatic N) is 3. The van der Waals surface area contributed by atoms with Gasteiger partial charge in [-0.2, -0.15) is 5.10 Å². The minimum absolute atomic E-state index is 0.0420. The Morgan fingerprint density at radius 3 is 2.93 bits per heavy atom. The van der Waals surface area contributed by atoms with Crippen LogP contribution >= 0.6 is 0 Å². The SMILES string of the molecule is Cn1cc([C@@H]2C[C@H]2C(=O)Nc2cccc3c2CCN(CC(C)(C)O)C3)cn1. The van der Waals surface area contributed by atoms with Gasteiger partial charge in [0.15, 0.2) is 0 Å². The van der Waals surface area contributed by atoms with Crippen LogP contribution in [0.1, 0.15) is 42.9 Å². The minimum atomic E-state index is -0.698. The van der Waals surface area contributed by atoms with Gasteiger partial charge >= 0.3 is 0 Å². The molecule has 0 unspecified atom stereocenters. The molecule has 1 aliphatic carbocycles. The molecule has 6 nitrogen and oxygen atoms in total. The van der Waals surface area contributed by atoms with E-state index in [9.17, 15) is 9.90 Å². The molecule has 1 aromatic carbocycles. The number of amides is 1. The maximum atomic E-state index is 12.7. The lowest BCUT2D eigenvalue weighted by Gasteiger charge is -2.33. The lowest BCUT2D eigenvalue weighted by Crippen LogP contribution is -2.41. The third-order valence-electron chi connectivity index (χ3n) is 5.49. The van der Waals surface area contributed by atoms with Crippen molar-refractivity contribution >= 4 is 11.6 Å². The van der Waals surface area contributed by atoms with Gasteiger partial charge in [-0.15, -0.1) is 0 Å². The normalized spacial score (nSPS) is 22.4. The predicted molar refractivity (Wildman–Crippen MR) is 104 cm³/mol. The minimum Gasteiger partial charge on any atom is -0.389 e. The Labute approximate surface area is 160 Å². The van der Waals surface area contributed by atoms with E-state index in [1.165, 1.54) is 11.1 Å². The summed E-state index contributed by atoms with van der Waals surface area (Å²) in [6.07, 6.45) is 5.64. The fourth-order valence-electron chi connectivity index (χ4n) is 4.18. The first kappa shape index (κ1) is 18.2. The highest BCUT2D eigenvalue weighted by Crippen LogP contribution is 2.48. The number of aromatic nitrogens is 2. The second kappa shape index (κ2) is 6.77. The van der Waals surface area contributed by atoms with Crippen molar-refractivity contribution in [2.75, 3.05) is 18.4 Å². The molecule has 144 valence electrons. The van der Waals surface area contributed by atoms with E-state index in [-0.39, 0.29) is 11.8 Å². The Balaban J connectivity index is 1.42.